The Labute approximate surface area is 426 Å². The number of carbonyl (C=O) groups is 2. The van der Waals surface area contributed by atoms with Crippen LogP contribution < -0.4 is 0 Å². The van der Waals surface area contributed by atoms with E-state index < -0.39 is 16.2 Å². The monoisotopic (exact) mass is 1060 g/mol. The number of halogens is 2. The number of rotatable bonds is 8. The molecule has 33 rings (SSSR count). The van der Waals surface area contributed by atoms with E-state index in [4.69, 9.17) is 9.47 Å². The molecular weight excluding hydrogens is 1050 g/mol. The van der Waals surface area contributed by atoms with Crippen molar-refractivity contribution in [3.8, 4) is 0 Å². The summed E-state index contributed by atoms with van der Waals surface area (Å²) in [6.07, 6.45) is 1.33. The van der Waals surface area contributed by atoms with Crippen LogP contribution in [0.5, 0.6) is 0 Å². The molecule has 28 aromatic carbocycles. The zero-order valence-electron chi connectivity index (χ0n) is 38.1. The van der Waals surface area contributed by atoms with Crippen molar-refractivity contribution in [3.63, 3.8) is 0 Å². The Morgan fingerprint density at radius 1 is 0.240 bits per heavy atom. The molecule has 5 aliphatic carbocycles. The lowest BCUT2D eigenvalue weighted by atomic mass is 9.68. The highest BCUT2D eigenvalue weighted by Crippen LogP contribution is 2.96. The van der Waals surface area contributed by atoms with Crippen LogP contribution in [0.2, 0.25) is 0 Å². The van der Waals surface area contributed by atoms with Gasteiger partial charge < -0.3 is 9.47 Å². The van der Waals surface area contributed by atoms with Gasteiger partial charge in [0.1, 0.15) is 0 Å². The number of benzene rings is 18. The van der Waals surface area contributed by atoms with E-state index in [1.54, 1.807) is 97.0 Å². The van der Waals surface area contributed by atoms with Crippen LogP contribution in [0.1, 0.15) is 35.1 Å². The Morgan fingerprint density at radius 3 is 0.507 bits per heavy atom. The van der Waals surface area contributed by atoms with E-state index in [0.29, 0.717) is 23.5 Å². The van der Waals surface area contributed by atoms with Crippen molar-refractivity contribution in [3.05, 3.63) is 22.3 Å². The van der Waals surface area contributed by atoms with Crippen LogP contribution in [-0.4, -0.2) is 35.8 Å². The minimum absolute atomic E-state index is 0.242. The highest BCUT2D eigenvalue weighted by atomic mass is 79.9. The second kappa shape index (κ2) is 7.20. The Bertz CT molecular complexity index is 6810. The van der Waals surface area contributed by atoms with Crippen LogP contribution in [0.25, 0.3) is 291 Å². The van der Waals surface area contributed by atoms with Gasteiger partial charge in [0, 0.05) is 10.7 Å². The number of carbonyl (C=O) groups excluding carboxylic acids is 2. The number of ether oxygens (including phenoxy) is 2. The molecule has 1 fully saturated rings. The van der Waals surface area contributed by atoms with Gasteiger partial charge in [-0.2, -0.15) is 0 Å². The van der Waals surface area contributed by atoms with Gasteiger partial charge in [0.25, 0.3) is 0 Å². The van der Waals surface area contributed by atoms with Gasteiger partial charge >= 0.3 is 11.9 Å². The molecule has 0 amide bonds. The van der Waals surface area contributed by atoms with Crippen molar-refractivity contribution in [2.75, 3.05) is 23.9 Å². The minimum Gasteiger partial charge on any atom is -0.465 e. The second-order valence-corrected chi connectivity index (χ2v) is 27.9. The average Bonchev–Trinajstić information content (AvgIpc) is 2.21. The van der Waals surface area contributed by atoms with Crippen LogP contribution in [0.15, 0.2) is 0 Å². The fraction of sp³-hybridized carbons (Fsp3) is 0.130. The van der Waals surface area contributed by atoms with E-state index in [1.807, 2.05) is 0 Å². The molecular formula is C69H12Br2O4. The first-order chi connectivity index (χ1) is 37.2. The molecule has 4 nitrogen and oxygen atoms in total. The van der Waals surface area contributed by atoms with E-state index in [-0.39, 0.29) is 25.2 Å². The zero-order chi connectivity index (χ0) is 45.8. The Hall–Kier alpha value is -7.64. The Kier molecular flexibility index (Phi) is 2.95. The number of esters is 2. The fourth-order valence-corrected chi connectivity index (χ4v) is 26.4. The number of alkyl halides is 2. The molecule has 0 heterocycles. The first-order valence-electron chi connectivity index (χ1n) is 27.4. The van der Waals surface area contributed by atoms with Crippen molar-refractivity contribution in [1.29, 1.82) is 0 Å². The molecule has 28 aromatic rings. The molecule has 0 radical (unpaired) electrons. The van der Waals surface area contributed by atoms with Crippen LogP contribution in [0.3, 0.4) is 0 Å². The second-order valence-electron chi connectivity index (χ2n) is 26.4. The van der Waals surface area contributed by atoms with Gasteiger partial charge in [0.2, 0.25) is 0 Å². The SMILES string of the molecule is O=C(OCCCBr)C1(C(=O)OCCCBr)C23c4c5c6c7c8c9c(c%10c%11c2c2c4c4c%12c5c5c6c6c8c8c%13c9c9c%10c%10c%11c%11c2c2c4c4c%12c%12c5c5c6c8c6c8c%13c9c9c%10c%10c%11c2c2c4c4c%12c5c6c5c8c9c%10c2c45)C713. The van der Waals surface area contributed by atoms with E-state index >= 15 is 9.59 Å². The lowest BCUT2D eigenvalue weighted by Crippen LogP contribution is -2.39. The van der Waals surface area contributed by atoms with Gasteiger partial charge in [0.15, 0.2) is 5.41 Å². The quantitative estimate of drug-likeness (QED) is 0.0500. The summed E-state index contributed by atoms with van der Waals surface area (Å²) in [4.78, 5) is 34.0. The third-order valence-electron chi connectivity index (χ3n) is 26.0. The average molecular weight is 1060 g/mol. The van der Waals surface area contributed by atoms with Crippen molar-refractivity contribution >= 4 is 335 Å². The van der Waals surface area contributed by atoms with E-state index in [0.717, 1.165) is 0 Å². The molecule has 6 heteroatoms. The summed E-state index contributed by atoms with van der Waals surface area (Å²) >= 11 is 7.40. The van der Waals surface area contributed by atoms with Gasteiger partial charge in [-0.25, -0.2) is 0 Å². The highest BCUT2D eigenvalue weighted by molar-refractivity contribution is 9.09. The number of hydrogen-bond donors (Lipinski definition) is 0. The molecule has 0 saturated heterocycles. The predicted molar refractivity (Wildman–Crippen MR) is 315 cm³/mol. The molecule has 2 spiro atoms. The van der Waals surface area contributed by atoms with Crippen molar-refractivity contribution in [2.45, 2.75) is 23.7 Å². The topological polar surface area (TPSA) is 52.6 Å². The van der Waals surface area contributed by atoms with Gasteiger partial charge in [-0.15, -0.1) is 0 Å². The smallest absolute Gasteiger partial charge is 0.326 e. The largest absolute Gasteiger partial charge is 0.465 e. The normalized spacial score (nSPS) is 19.5. The summed E-state index contributed by atoms with van der Waals surface area (Å²) in [7, 11) is 0. The first kappa shape index (κ1) is 30.7. The summed E-state index contributed by atoms with van der Waals surface area (Å²) in [5, 5.41) is 81.7. The lowest BCUT2D eigenvalue weighted by molar-refractivity contribution is -0.166. The third kappa shape index (κ3) is 1.69. The first-order valence-corrected chi connectivity index (χ1v) is 29.7. The van der Waals surface area contributed by atoms with Crippen LogP contribution in [0, 0.1) is 5.41 Å². The summed E-state index contributed by atoms with van der Waals surface area (Å²) in [5.41, 5.74) is 1.31. The van der Waals surface area contributed by atoms with Crippen LogP contribution >= 0.6 is 31.9 Å². The van der Waals surface area contributed by atoms with Crippen molar-refractivity contribution in [2.24, 2.45) is 5.41 Å². The molecule has 0 aliphatic heterocycles. The van der Waals surface area contributed by atoms with Crippen molar-refractivity contribution in [1.82, 2.24) is 0 Å². The van der Waals surface area contributed by atoms with E-state index in [9.17, 15) is 0 Å². The molecule has 0 N–H and O–H groups in total. The maximum atomic E-state index is 17.0. The highest BCUT2D eigenvalue weighted by Gasteiger charge is 3.01. The summed E-state index contributed by atoms with van der Waals surface area (Å²) in [6.45, 7) is 0.483. The fourth-order valence-electron chi connectivity index (χ4n) is 25.9. The summed E-state index contributed by atoms with van der Waals surface area (Å²) in [6, 6.07) is 0. The zero-order valence-corrected chi connectivity index (χ0v) is 41.3. The Morgan fingerprint density at radius 2 is 0.373 bits per heavy atom. The third-order valence-corrected chi connectivity index (χ3v) is 27.1. The molecule has 0 unspecified atom stereocenters. The van der Waals surface area contributed by atoms with Crippen molar-refractivity contribution < 1.29 is 19.1 Å². The molecule has 0 atom stereocenters. The molecule has 75 heavy (non-hydrogen) atoms. The van der Waals surface area contributed by atoms with Crippen LogP contribution in [0.4, 0.5) is 0 Å². The lowest BCUT2D eigenvalue weighted by Gasteiger charge is -2.32. The van der Waals surface area contributed by atoms with Gasteiger partial charge in [-0.05, 0) is 326 Å². The molecule has 1 saturated carbocycles. The molecule has 0 bridgehead atoms. The summed E-state index contributed by atoms with van der Waals surface area (Å²) < 4.78 is 13.8. The standard InChI is InChI=1S/C69H12Br2O4/c70-3-1-5-74-65(72)69(66(73)75-6-2-4-71)67-61-53-45-35-25-17-9-7-8-11-15-13(9)21-29-23(15)33-27-19(11)20-12(8)16-14-10(7)18(17)26-32-22(14)30-24(16)34-28(20)38-37(27)47-41(33)51-43(29)49(39(45)31(21)25)57(61)59(51)63-55(47)56-48(38)42(34)52-44(30)50-40(32)46(36(26)35)54(53)62(67)58(50)60(52)64(56)68(63,67)69/h1-6H2. The minimum atomic E-state index is -1.69. The van der Waals surface area contributed by atoms with Gasteiger partial charge in [0.05, 0.1) is 24.0 Å². The maximum absolute atomic E-state index is 17.0. The number of hydrogen-bond acceptors (Lipinski definition) is 4. The van der Waals surface area contributed by atoms with E-state index in [1.165, 1.54) is 216 Å². The molecule has 326 valence electrons. The predicted octanol–water partition coefficient (Wildman–Crippen LogP) is 18.0. The van der Waals surface area contributed by atoms with Gasteiger partial charge in [-0.3, -0.25) is 9.59 Å². The van der Waals surface area contributed by atoms with Crippen LogP contribution in [-0.2, 0) is 29.9 Å². The molecule has 5 aliphatic rings. The summed E-state index contributed by atoms with van der Waals surface area (Å²) in [5.74, 6) is -0.746. The maximum Gasteiger partial charge on any atom is 0.326 e. The molecule has 0 aromatic heterocycles. The van der Waals surface area contributed by atoms with E-state index in [2.05, 4.69) is 31.9 Å². The van der Waals surface area contributed by atoms with Gasteiger partial charge in [-0.1, -0.05) is 31.9 Å². The Balaban J connectivity index is 1.10.